The summed E-state index contributed by atoms with van der Waals surface area (Å²) in [7, 11) is 0. The van der Waals surface area contributed by atoms with Crippen LogP contribution in [0.3, 0.4) is 0 Å². The summed E-state index contributed by atoms with van der Waals surface area (Å²) < 4.78 is 0. The van der Waals surface area contributed by atoms with E-state index in [4.69, 9.17) is 0 Å². The Morgan fingerprint density at radius 1 is 1.20 bits per heavy atom. The number of nitrogens with zero attached hydrogens (tertiary/aromatic N) is 1. The fourth-order valence-electron chi connectivity index (χ4n) is 3.59. The van der Waals surface area contributed by atoms with Crippen LogP contribution in [0, 0.1) is 6.92 Å². The highest BCUT2D eigenvalue weighted by Crippen LogP contribution is 2.29. The normalized spacial score (nSPS) is 24.3. The van der Waals surface area contributed by atoms with Gasteiger partial charge in [-0.1, -0.05) is 49.1 Å². The van der Waals surface area contributed by atoms with Crippen molar-refractivity contribution in [1.82, 2.24) is 15.5 Å². The van der Waals surface area contributed by atoms with E-state index in [2.05, 4.69) is 10.6 Å². The third-order valence-electron chi connectivity index (χ3n) is 5.18. The maximum atomic E-state index is 12.8. The molecule has 3 rings (SSSR count). The first-order chi connectivity index (χ1) is 11.9. The molecule has 4 amide bonds. The Bertz CT molecular complexity index is 680. The van der Waals surface area contributed by atoms with Gasteiger partial charge in [-0.3, -0.25) is 14.5 Å². The molecule has 2 fully saturated rings. The minimum absolute atomic E-state index is 0.158. The molecule has 2 N–H and O–H groups in total. The second-order valence-electron chi connectivity index (χ2n) is 7.21. The lowest BCUT2D eigenvalue weighted by Gasteiger charge is -2.24. The van der Waals surface area contributed by atoms with Crippen molar-refractivity contribution >= 4 is 17.8 Å². The van der Waals surface area contributed by atoms with Crippen LogP contribution < -0.4 is 10.6 Å². The quantitative estimate of drug-likeness (QED) is 0.823. The average molecular weight is 343 g/mol. The number of carbonyl (C=O) groups is 3. The molecule has 25 heavy (non-hydrogen) atoms. The van der Waals surface area contributed by atoms with Crippen molar-refractivity contribution in [1.29, 1.82) is 0 Å². The number of benzene rings is 1. The molecule has 2 aliphatic rings. The molecule has 0 radical (unpaired) electrons. The molecule has 1 saturated carbocycles. The van der Waals surface area contributed by atoms with Gasteiger partial charge in [0.2, 0.25) is 5.91 Å². The number of hydrogen-bond donors (Lipinski definition) is 2. The third-order valence-corrected chi connectivity index (χ3v) is 5.18. The fraction of sp³-hybridized carbons (Fsp3) is 0.526. The van der Waals surface area contributed by atoms with Crippen molar-refractivity contribution in [2.75, 3.05) is 6.54 Å². The highest BCUT2D eigenvalue weighted by molar-refractivity contribution is 6.09. The molecule has 6 nitrogen and oxygen atoms in total. The molecule has 1 aromatic carbocycles. The molecular weight excluding hydrogens is 318 g/mol. The van der Waals surface area contributed by atoms with E-state index in [1.807, 2.05) is 31.2 Å². The van der Waals surface area contributed by atoms with Gasteiger partial charge in [-0.2, -0.15) is 0 Å². The molecule has 1 aromatic rings. The summed E-state index contributed by atoms with van der Waals surface area (Å²) in [5.41, 5.74) is 0.662. The van der Waals surface area contributed by atoms with Gasteiger partial charge in [0.05, 0.1) is 0 Å². The van der Waals surface area contributed by atoms with Crippen molar-refractivity contribution in [3.8, 4) is 0 Å². The van der Waals surface area contributed by atoms with Crippen molar-refractivity contribution in [3.63, 3.8) is 0 Å². The summed E-state index contributed by atoms with van der Waals surface area (Å²) in [6, 6.07) is 7.10. The summed E-state index contributed by atoms with van der Waals surface area (Å²) in [6.07, 6.45) is 5.35. The van der Waals surface area contributed by atoms with Gasteiger partial charge >= 0.3 is 6.03 Å². The lowest BCUT2D eigenvalue weighted by Crippen LogP contribution is -2.45. The summed E-state index contributed by atoms with van der Waals surface area (Å²) in [5.74, 6) is -0.663. The lowest BCUT2D eigenvalue weighted by molar-refractivity contribution is -0.135. The van der Waals surface area contributed by atoms with E-state index in [0.717, 1.165) is 36.1 Å². The number of carbonyl (C=O) groups excluding carboxylic acids is 3. The molecule has 1 heterocycles. The first-order valence-corrected chi connectivity index (χ1v) is 8.91. The molecule has 0 aromatic heterocycles. The lowest BCUT2D eigenvalue weighted by atomic mass is 9.91. The van der Waals surface area contributed by atoms with Crippen LogP contribution in [-0.4, -0.2) is 35.3 Å². The van der Waals surface area contributed by atoms with E-state index >= 15 is 0 Å². The molecule has 1 saturated heterocycles. The van der Waals surface area contributed by atoms with Crippen LogP contribution in [0.4, 0.5) is 4.79 Å². The van der Waals surface area contributed by atoms with Crippen LogP contribution in [0.5, 0.6) is 0 Å². The highest BCUT2D eigenvalue weighted by atomic mass is 16.2. The molecule has 0 spiro atoms. The molecule has 134 valence electrons. The number of aryl methyl sites for hydroxylation is 1. The molecule has 0 unspecified atom stereocenters. The molecule has 1 aliphatic heterocycles. The van der Waals surface area contributed by atoms with E-state index in [0.29, 0.717) is 5.56 Å². The first kappa shape index (κ1) is 17.5. The first-order valence-electron chi connectivity index (χ1n) is 8.91. The molecule has 6 heteroatoms. The van der Waals surface area contributed by atoms with Crippen LogP contribution in [0.1, 0.15) is 50.2 Å². The largest absolute Gasteiger partial charge is 0.352 e. The molecular formula is C19H25N3O3. The standard InChI is InChI=1S/C19H25N3O3/c1-13-8-10-14(11-9-13)19(2)17(24)22(18(25)21-19)12-16(23)20-15-6-4-3-5-7-15/h8-11,15H,3-7,12H2,1-2H3,(H,20,23)(H,21,25)/t19-/m1/s1. The number of nitrogens with one attached hydrogen (secondary N) is 2. The SMILES string of the molecule is Cc1ccc([C@@]2(C)NC(=O)N(CC(=O)NC3CCCCC3)C2=O)cc1. The Hall–Kier alpha value is -2.37. The van der Waals surface area contributed by atoms with Crippen LogP contribution in [0.25, 0.3) is 0 Å². The van der Waals surface area contributed by atoms with Crippen LogP contribution in [0.2, 0.25) is 0 Å². The maximum Gasteiger partial charge on any atom is 0.325 e. The van der Waals surface area contributed by atoms with E-state index in [9.17, 15) is 14.4 Å². The Kier molecular flexibility index (Phi) is 4.79. The van der Waals surface area contributed by atoms with Gasteiger partial charge in [-0.05, 0) is 32.3 Å². The van der Waals surface area contributed by atoms with Crippen molar-refractivity contribution in [3.05, 3.63) is 35.4 Å². The summed E-state index contributed by atoms with van der Waals surface area (Å²) >= 11 is 0. The summed E-state index contributed by atoms with van der Waals surface area (Å²) in [4.78, 5) is 38.4. The van der Waals surface area contributed by atoms with Gasteiger partial charge in [-0.25, -0.2) is 4.79 Å². The minimum atomic E-state index is -1.13. The zero-order valence-electron chi connectivity index (χ0n) is 14.8. The third kappa shape index (κ3) is 3.52. The van der Waals surface area contributed by atoms with E-state index in [1.54, 1.807) is 6.92 Å². The Morgan fingerprint density at radius 3 is 2.48 bits per heavy atom. The van der Waals surface area contributed by atoms with Gasteiger partial charge in [0, 0.05) is 6.04 Å². The second kappa shape index (κ2) is 6.86. The van der Waals surface area contributed by atoms with E-state index < -0.39 is 11.6 Å². The number of urea groups is 1. The molecule has 1 atom stereocenters. The number of imide groups is 1. The van der Waals surface area contributed by atoms with Gasteiger partial charge < -0.3 is 10.6 Å². The highest BCUT2D eigenvalue weighted by Gasteiger charge is 2.49. The van der Waals surface area contributed by atoms with Gasteiger partial charge in [0.1, 0.15) is 12.1 Å². The van der Waals surface area contributed by atoms with Crippen molar-refractivity contribution in [2.45, 2.75) is 57.5 Å². The van der Waals surface area contributed by atoms with Crippen molar-refractivity contribution in [2.24, 2.45) is 0 Å². The van der Waals surface area contributed by atoms with Crippen LogP contribution >= 0.6 is 0 Å². The topological polar surface area (TPSA) is 78.5 Å². The van der Waals surface area contributed by atoms with Gasteiger partial charge in [0.15, 0.2) is 0 Å². The average Bonchev–Trinajstić information content (AvgIpc) is 2.80. The minimum Gasteiger partial charge on any atom is -0.352 e. The van der Waals surface area contributed by atoms with Crippen molar-refractivity contribution < 1.29 is 14.4 Å². The number of hydrogen-bond acceptors (Lipinski definition) is 3. The summed E-state index contributed by atoms with van der Waals surface area (Å²) in [6.45, 7) is 3.41. The van der Waals surface area contributed by atoms with Crippen LogP contribution in [0.15, 0.2) is 24.3 Å². The second-order valence-corrected chi connectivity index (χ2v) is 7.21. The van der Waals surface area contributed by atoms with E-state index in [-0.39, 0.29) is 24.4 Å². The van der Waals surface area contributed by atoms with Gasteiger partial charge in [-0.15, -0.1) is 0 Å². The van der Waals surface area contributed by atoms with Gasteiger partial charge in [0.25, 0.3) is 5.91 Å². The predicted molar refractivity (Wildman–Crippen MR) is 93.8 cm³/mol. The maximum absolute atomic E-state index is 12.8. The zero-order chi connectivity index (χ0) is 18.0. The molecule has 0 bridgehead atoms. The fourth-order valence-corrected chi connectivity index (χ4v) is 3.59. The zero-order valence-corrected chi connectivity index (χ0v) is 14.8. The number of rotatable bonds is 4. The number of amides is 4. The molecule has 1 aliphatic carbocycles. The smallest absolute Gasteiger partial charge is 0.325 e. The predicted octanol–water partition coefficient (Wildman–Crippen LogP) is 2.21. The van der Waals surface area contributed by atoms with E-state index in [1.165, 1.54) is 6.42 Å². The Balaban J connectivity index is 1.68. The van der Waals surface area contributed by atoms with Crippen LogP contribution in [-0.2, 0) is 15.1 Å². The summed E-state index contributed by atoms with van der Waals surface area (Å²) in [5, 5.41) is 5.68. The monoisotopic (exact) mass is 343 g/mol. The Morgan fingerprint density at radius 2 is 1.84 bits per heavy atom. The Labute approximate surface area is 148 Å².